The summed E-state index contributed by atoms with van der Waals surface area (Å²) in [5.74, 6) is 0.195. The first-order chi connectivity index (χ1) is 9.47. The lowest BCUT2D eigenvalue weighted by Gasteiger charge is -2.32. The number of nitrogens with zero attached hydrogens (tertiary/aromatic N) is 1. The van der Waals surface area contributed by atoms with E-state index in [-0.39, 0.29) is 17.5 Å². The first-order valence-corrected chi connectivity index (χ1v) is 7.11. The van der Waals surface area contributed by atoms with Crippen LogP contribution < -0.4 is 5.32 Å². The van der Waals surface area contributed by atoms with Crippen LogP contribution in [0.25, 0.3) is 10.9 Å². The Balaban J connectivity index is 1.83. The second-order valence-corrected chi connectivity index (χ2v) is 6.39. The molecule has 1 aromatic carbocycles. The molecule has 2 heterocycles. The summed E-state index contributed by atoms with van der Waals surface area (Å²) < 4.78 is 0. The van der Waals surface area contributed by atoms with E-state index < -0.39 is 0 Å². The summed E-state index contributed by atoms with van der Waals surface area (Å²) in [4.78, 5) is 17.7. The monoisotopic (exact) mass is 271 g/mol. The Hall–Kier alpha value is -1.97. The zero-order chi connectivity index (χ0) is 14.3. The summed E-state index contributed by atoms with van der Waals surface area (Å²) in [5, 5.41) is 4.56. The van der Waals surface area contributed by atoms with Gasteiger partial charge in [-0.3, -0.25) is 4.79 Å². The van der Waals surface area contributed by atoms with Crippen LogP contribution >= 0.6 is 0 Å². The molecule has 1 aliphatic rings. The molecule has 0 aliphatic carbocycles. The first kappa shape index (κ1) is 13.0. The topological polar surface area (TPSA) is 48.1 Å². The van der Waals surface area contributed by atoms with Crippen LogP contribution in [0, 0.1) is 0 Å². The van der Waals surface area contributed by atoms with E-state index in [1.165, 1.54) is 0 Å². The van der Waals surface area contributed by atoms with Crippen LogP contribution in [-0.4, -0.2) is 33.9 Å². The van der Waals surface area contributed by atoms with Gasteiger partial charge in [0, 0.05) is 23.7 Å². The van der Waals surface area contributed by atoms with Gasteiger partial charge in [0.25, 0.3) is 0 Å². The third-order valence-corrected chi connectivity index (χ3v) is 3.93. The highest BCUT2D eigenvalue weighted by atomic mass is 16.2. The lowest BCUT2D eigenvalue weighted by Crippen LogP contribution is -2.45. The maximum atomic E-state index is 12.5. The van der Waals surface area contributed by atoms with E-state index in [0.29, 0.717) is 0 Å². The minimum atomic E-state index is -0.122. The largest absolute Gasteiger partial charge is 0.372 e. The van der Waals surface area contributed by atoms with Gasteiger partial charge in [-0.1, -0.05) is 12.1 Å². The number of para-hydroxylation sites is 1. The van der Waals surface area contributed by atoms with E-state index in [1.807, 2.05) is 29.3 Å². The third kappa shape index (κ3) is 2.15. The van der Waals surface area contributed by atoms with Crippen molar-refractivity contribution >= 4 is 22.5 Å². The average molecular weight is 271 g/mol. The molecular weight excluding hydrogens is 250 g/mol. The number of nitrogens with one attached hydrogen (secondary N) is 2. The predicted octanol–water partition coefficient (Wildman–Crippen LogP) is 2.98. The van der Waals surface area contributed by atoms with Crippen molar-refractivity contribution in [3.63, 3.8) is 0 Å². The first-order valence-electron chi connectivity index (χ1n) is 7.11. The zero-order valence-electron chi connectivity index (χ0n) is 12.2. The van der Waals surface area contributed by atoms with Gasteiger partial charge in [-0.15, -0.1) is 0 Å². The number of rotatable bonds is 2. The molecular formula is C16H21N3O. The molecule has 0 radical (unpaired) electrons. The van der Waals surface area contributed by atoms with Gasteiger partial charge in [-0.2, -0.15) is 0 Å². The van der Waals surface area contributed by atoms with Crippen LogP contribution in [0.2, 0.25) is 0 Å². The Morgan fingerprint density at radius 1 is 1.30 bits per heavy atom. The van der Waals surface area contributed by atoms with Crippen molar-refractivity contribution < 1.29 is 4.79 Å². The molecule has 3 rings (SSSR count). The fourth-order valence-corrected chi connectivity index (χ4v) is 2.87. The second-order valence-electron chi connectivity index (χ2n) is 6.39. The van der Waals surface area contributed by atoms with Crippen molar-refractivity contribution in [3.8, 4) is 0 Å². The molecule has 0 spiro atoms. The minimum absolute atomic E-state index is 0.105. The number of fused-ring (bicyclic) bond motifs is 1. The number of anilines is 1. The molecule has 20 heavy (non-hydrogen) atoms. The number of H-pyrrole nitrogens is 1. The Bertz CT molecular complexity index is 638. The number of aromatic nitrogens is 1. The van der Waals surface area contributed by atoms with Crippen LogP contribution in [0.3, 0.4) is 0 Å². The van der Waals surface area contributed by atoms with Gasteiger partial charge in [0.2, 0.25) is 5.91 Å². The third-order valence-electron chi connectivity index (χ3n) is 3.93. The summed E-state index contributed by atoms with van der Waals surface area (Å²) in [6.45, 7) is 7.07. The summed E-state index contributed by atoms with van der Waals surface area (Å²) in [6, 6.07) is 8.02. The molecule has 0 bridgehead atoms. The molecule has 1 atom stereocenters. The van der Waals surface area contributed by atoms with Gasteiger partial charge in [0.1, 0.15) is 6.04 Å². The molecule has 1 fully saturated rings. The van der Waals surface area contributed by atoms with Crippen molar-refractivity contribution in [2.24, 2.45) is 0 Å². The summed E-state index contributed by atoms with van der Waals surface area (Å²) >= 11 is 0. The van der Waals surface area contributed by atoms with Gasteiger partial charge in [0.15, 0.2) is 0 Å². The maximum absolute atomic E-state index is 12.5. The number of carbonyl (C=O) groups excluding carboxylic acids is 1. The zero-order valence-corrected chi connectivity index (χ0v) is 12.2. The van der Waals surface area contributed by atoms with E-state index in [4.69, 9.17) is 0 Å². The van der Waals surface area contributed by atoms with Gasteiger partial charge < -0.3 is 15.2 Å². The van der Waals surface area contributed by atoms with Crippen LogP contribution in [0.4, 0.5) is 5.69 Å². The Morgan fingerprint density at radius 2 is 2.10 bits per heavy atom. The van der Waals surface area contributed by atoms with Gasteiger partial charge in [-0.05, 0) is 39.3 Å². The molecule has 4 nitrogen and oxygen atoms in total. The number of aromatic amines is 1. The van der Waals surface area contributed by atoms with Crippen molar-refractivity contribution in [1.29, 1.82) is 0 Å². The molecule has 1 saturated heterocycles. The molecule has 2 N–H and O–H groups in total. The smallest absolute Gasteiger partial charge is 0.245 e. The SMILES string of the molecule is CC(C)(C)N1CCC(Nc2cccc3cc[nH]c23)C1=O. The lowest BCUT2D eigenvalue weighted by molar-refractivity contribution is -0.132. The number of amides is 1. The summed E-state index contributed by atoms with van der Waals surface area (Å²) in [5.41, 5.74) is 1.96. The molecule has 4 heteroatoms. The van der Waals surface area contributed by atoms with Crippen LogP contribution in [0.15, 0.2) is 30.5 Å². The lowest BCUT2D eigenvalue weighted by atomic mass is 10.1. The molecule has 0 saturated carbocycles. The van der Waals surface area contributed by atoms with E-state index in [1.54, 1.807) is 0 Å². The number of hydrogen-bond donors (Lipinski definition) is 2. The number of likely N-dealkylation sites (tertiary alicyclic amines) is 1. The molecule has 1 unspecified atom stereocenters. The Labute approximate surface area is 119 Å². The molecule has 1 aromatic heterocycles. The van der Waals surface area contributed by atoms with Crippen LogP contribution in [0.5, 0.6) is 0 Å². The maximum Gasteiger partial charge on any atom is 0.245 e. The molecule has 1 amide bonds. The normalized spacial score (nSPS) is 19.9. The molecule has 1 aliphatic heterocycles. The molecule has 2 aromatic rings. The van der Waals surface area contributed by atoms with Gasteiger partial charge in [-0.25, -0.2) is 0 Å². The summed E-state index contributed by atoms with van der Waals surface area (Å²) in [7, 11) is 0. The second kappa shape index (κ2) is 4.54. The van der Waals surface area contributed by atoms with Crippen LogP contribution in [-0.2, 0) is 4.79 Å². The standard InChI is InChI=1S/C16H21N3O/c1-16(2,3)19-10-8-13(15(19)20)18-12-6-4-5-11-7-9-17-14(11)12/h4-7,9,13,17-18H,8,10H2,1-3H3. The Morgan fingerprint density at radius 3 is 2.80 bits per heavy atom. The average Bonchev–Trinajstić information content (AvgIpc) is 2.96. The highest BCUT2D eigenvalue weighted by Gasteiger charge is 2.37. The highest BCUT2D eigenvalue weighted by molar-refractivity contribution is 5.94. The molecule has 106 valence electrons. The van der Waals surface area contributed by atoms with Crippen molar-refractivity contribution in [2.75, 3.05) is 11.9 Å². The van der Waals surface area contributed by atoms with Gasteiger partial charge in [0.05, 0.1) is 11.2 Å². The Kier molecular flexibility index (Phi) is 2.96. The van der Waals surface area contributed by atoms with Crippen molar-refractivity contribution in [3.05, 3.63) is 30.5 Å². The number of carbonyl (C=O) groups is 1. The van der Waals surface area contributed by atoms with Crippen LogP contribution in [0.1, 0.15) is 27.2 Å². The minimum Gasteiger partial charge on any atom is -0.372 e. The van der Waals surface area contributed by atoms with Crippen molar-refractivity contribution in [1.82, 2.24) is 9.88 Å². The van der Waals surface area contributed by atoms with E-state index in [9.17, 15) is 4.79 Å². The van der Waals surface area contributed by atoms with E-state index >= 15 is 0 Å². The fraction of sp³-hybridized carbons (Fsp3) is 0.438. The highest BCUT2D eigenvalue weighted by Crippen LogP contribution is 2.27. The fourth-order valence-electron chi connectivity index (χ4n) is 2.87. The van der Waals surface area contributed by atoms with Gasteiger partial charge >= 0.3 is 0 Å². The number of benzene rings is 1. The predicted molar refractivity (Wildman–Crippen MR) is 81.8 cm³/mol. The summed E-state index contributed by atoms with van der Waals surface area (Å²) in [6.07, 6.45) is 2.78. The van der Waals surface area contributed by atoms with Crippen molar-refractivity contribution in [2.45, 2.75) is 38.8 Å². The quantitative estimate of drug-likeness (QED) is 0.882. The number of hydrogen-bond acceptors (Lipinski definition) is 2. The van der Waals surface area contributed by atoms with E-state index in [0.717, 1.165) is 29.6 Å². The van der Waals surface area contributed by atoms with E-state index in [2.05, 4.69) is 37.1 Å².